The summed E-state index contributed by atoms with van der Waals surface area (Å²) in [6, 6.07) is 3.02. The molecule has 0 unspecified atom stereocenters. The van der Waals surface area contributed by atoms with Crippen LogP contribution in [0.2, 0.25) is 5.02 Å². The van der Waals surface area contributed by atoms with E-state index in [4.69, 9.17) is 25.8 Å². The maximum absolute atomic E-state index is 12.4. The molecule has 2 amide bonds. The second-order valence-electron chi connectivity index (χ2n) is 5.49. The van der Waals surface area contributed by atoms with Gasteiger partial charge in [-0.15, -0.1) is 0 Å². The Morgan fingerprint density at radius 3 is 2.70 bits per heavy atom. The van der Waals surface area contributed by atoms with Crippen molar-refractivity contribution >= 4 is 23.3 Å². The summed E-state index contributed by atoms with van der Waals surface area (Å²) in [7, 11) is 4.78. The number of nitrogens with one attached hydrogen (secondary N) is 1. The number of rotatable bonds is 5. The number of likely N-dealkylation sites (N-methyl/N-ethyl adjacent to an activating group) is 1. The molecule has 6 nitrogen and oxygen atoms in total. The van der Waals surface area contributed by atoms with E-state index in [0.717, 1.165) is 25.9 Å². The van der Waals surface area contributed by atoms with Crippen molar-refractivity contribution in [1.29, 1.82) is 0 Å². The van der Waals surface area contributed by atoms with Crippen molar-refractivity contribution in [1.82, 2.24) is 4.90 Å². The molecule has 1 aliphatic rings. The molecule has 0 aromatic heterocycles. The van der Waals surface area contributed by atoms with Crippen molar-refractivity contribution in [3.63, 3.8) is 0 Å². The number of anilines is 1. The quantitative estimate of drug-likeness (QED) is 0.891. The normalized spacial score (nSPS) is 17.5. The predicted octanol–water partition coefficient (Wildman–Crippen LogP) is 3.39. The van der Waals surface area contributed by atoms with E-state index in [-0.39, 0.29) is 12.1 Å². The molecule has 2 rings (SSSR count). The number of halogens is 1. The Balaban J connectivity index is 2.03. The summed E-state index contributed by atoms with van der Waals surface area (Å²) >= 11 is 6.06. The van der Waals surface area contributed by atoms with E-state index in [2.05, 4.69) is 5.32 Å². The van der Waals surface area contributed by atoms with Gasteiger partial charge in [0.1, 0.15) is 11.5 Å². The fourth-order valence-corrected chi connectivity index (χ4v) is 2.74. The van der Waals surface area contributed by atoms with E-state index in [1.807, 2.05) is 0 Å². The molecule has 0 radical (unpaired) electrons. The molecule has 1 fully saturated rings. The lowest BCUT2D eigenvalue weighted by molar-refractivity contribution is 0.00463. The maximum Gasteiger partial charge on any atom is 0.321 e. The van der Waals surface area contributed by atoms with Crippen molar-refractivity contribution in [2.45, 2.75) is 25.4 Å². The van der Waals surface area contributed by atoms with Crippen LogP contribution in [-0.4, -0.2) is 51.5 Å². The number of urea groups is 1. The first-order valence-corrected chi connectivity index (χ1v) is 7.98. The second-order valence-corrected chi connectivity index (χ2v) is 5.89. The minimum Gasteiger partial charge on any atom is -0.495 e. The van der Waals surface area contributed by atoms with E-state index in [1.54, 1.807) is 24.1 Å². The molecule has 0 saturated carbocycles. The minimum absolute atomic E-state index is 0.0983. The monoisotopic (exact) mass is 342 g/mol. The van der Waals surface area contributed by atoms with Gasteiger partial charge in [0.15, 0.2) is 0 Å². The van der Waals surface area contributed by atoms with Crippen molar-refractivity contribution in [2.24, 2.45) is 0 Å². The minimum atomic E-state index is -0.234. The molecule has 1 heterocycles. The van der Waals surface area contributed by atoms with Crippen LogP contribution in [0.1, 0.15) is 19.3 Å². The van der Waals surface area contributed by atoms with Crippen LogP contribution in [0.4, 0.5) is 10.5 Å². The molecule has 7 heteroatoms. The van der Waals surface area contributed by atoms with Gasteiger partial charge in [0.25, 0.3) is 0 Å². The summed E-state index contributed by atoms with van der Waals surface area (Å²) in [4.78, 5) is 14.0. The van der Waals surface area contributed by atoms with Gasteiger partial charge in [0, 0.05) is 32.3 Å². The van der Waals surface area contributed by atoms with Crippen LogP contribution >= 0.6 is 11.6 Å². The van der Waals surface area contributed by atoms with Crippen molar-refractivity contribution < 1.29 is 19.0 Å². The van der Waals surface area contributed by atoms with Gasteiger partial charge in [-0.2, -0.15) is 0 Å². The molecule has 0 bridgehead atoms. The smallest absolute Gasteiger partial charge is 0.321 e. The average molecular weight is 343 g/mol. The summed E-state index contributed by atoms with van der Waals surface area (Å²) in [5.74, 6) is 0.951. The van der Waals surface area contributed by atoms with E-state index in [1.165, 1.54) is 14.2 Å². The number of benzene rings is 1. The standard InChI is InChI=1S/C16H23ClN2O4/c1-19(10-11-6-4-5-7-23-11)16(20)18-13-9-14(21-2)12(17)8-15(13)22-3/h8-9,11H,4-7,10H2,1-3H3,(H,18,20)/t11-/m1/s1. The second kappa shape index (κ2) is 8.26. The highest BCUT2D eigenvalue weighted by atomic mass is 35.5. The Kier molecular flexibility index (Phi) is 6.36. The number of hydrogen-bond donors (Lipinski definition) is 1. The first kappa shape index (κ1) is 17.7. The lowest BCUT2D eigenvalue weighted by atomic mass is 10.1. The van der Waals surface area contributed by atoms with Crippen LogP contribution in [0.5, 0.6) is 11.5 Å². The van der Waals surface area contributed by atoms with Gasteiger partial charge in [-0.25, -0.2) is 4.79 Å². The van der Waals surface area contributed by atoms with Crippen LogP contribution in [0.25, 0.3) is 0 Å². The van der Waals surface area contributed by atoms with Crippen LogP contribution in [0, 0.1) is 0 Å². The zero-order valence-corrected chi connectivity index (χ0v) is 14.5. The third-order valence-corrected chi connectivity index (χ3v) is 4.11. The number of hydrogen-bond acceptors (Lipinski definition) is 4. The third kappa shape index (κ3) is 4.65. The number of ether oxygens (including phenoxy) is 3. The number of carbonyl (C=O) groups excluding carboxylic acids is 1. The van der Waals surface area contributed by atoms with Gasteiger partial charge in [-0.05, 0) is 19.3 Å². The lowest BCUT2D eigenvalue weighted by Gasteiger charge is -2.27. The molecule has 1 atom stereocenters. The van der Waals surface area contributed by atoms with Gasteiger partial charge in [-0.3, -0.25) is 0 Å². The van der Waals surface area contributed by atoms with Gasteiger partial charge >= 0.3 is 6.03 Å². The Morgan fingerprint density at radius 2 is 2.09 bits per heavy atom. The topological polar surface area (TPSA) is 60.0 Å². The Labute approximate surface area is 141 Å². The van der Waals surface area contributed by atoms with Crippen LogP contribution < -0.4 is 14.8 Å². The average Bonchev–Trinajstić information content (AvgIpc) is 2.56. The van der Waals surface area contributed by atoms with E-state index < -0.39 is 0 Å². The van der Waals surface area contributed by atoms with Crippen LogP contribution in [0.3, 0.4) is 0 Å². The Hall–Kier alpha value is -1.66. The molecular formula is C16H23ClN2O4. The predicted molar refractivity (Wildman–Crippen MR) is 89.8 cm³/mol. The molecular weight excluding hydrogens is 320 g/mol. The van der Waals surface area contributed by atoms with Crippen LogP contribution in [-0.2, 0) is 4.74 Å². The highest BCUT2D eigenvalue weighted by molar-refractivity contribution is 6.32. The van der Waals surface area contributed by atoms with Gasteiger partial charge < -0.3 is 24.4 Å². The summed E-state index contributed by atoms with van der Waals surface area (Å²) in [5, 5.41) is 3.24. The van der Waals surface area contributed by atoms with Crippen molar-refractivity contribution in [3.05, 3.63) is 17.2 Å². The number of amides is 2. The van der Waals surface area contributed by atoms with Gasteiger partial charge in [0.05, 0.1) is 31.0 Å². The van der Waals surface area contributed by atoms with Crippen LogP contribution in [0.15, 0.2) is 12.1 Å². The number of methoxy groups -OCH3 is 2. The van der Waals surface area contributed by atoms with E-state index in [9.17, 15) is 4.79 Å². The van der Waals surface area contributed by atoms with E-state index >= 15 is 0 Å². The summed E-state index contributed by atoms with van der Waals surface area (Å²) in [5.41, 5.74) is 0.509. The molecule has 1 aromatic carbocycles. The van der Waals surface area contributed by atoms with Crippen molar-refractivity contribution in [3.8, 4) is 11.5 Å². The molecule has 0 aliphatic carbocycles. The lowest BCUT2D eigenvalue weighted by Crippen LogP contribution is -2.39. The molecule has 1 aliphatic heterocycles. The summed E-state index contributed by atoms with van der Waals surface area (Å²) < 4.78 is 16.1. The van der Waals surface area contributed by atoms with Gasteiger partial charge in [-0.1, -0.05) is 11.6 Å². The molecule has 1 saturated heterocycles. The number of nitrogens with zero attached hydrogens (tertiary/aromatic N) is 1. The fourth-order valence-electron chi connectivity index (χ4n) is 2.51. The van der Waals surface area contributed by atoms with Gasteiger partial charge in [0.2, 0.25) is 0 Å². The highest BCUT2D eigenvalue weighted by Crippen LogP contribution is 2.35. The van der Waals surface area contributed by atoms with Crippen molar-refractivity contribution in [2.75, 3.05) is 39.7 Å². The molecule has 23 heavy (non-hydrogen) atoms. The van der Waals surface area contributed by atoms with E-state index in [0.29, 0.717) is 28.8 Å². The molecule has 1 N–H and O–H groups in total. The zero-order valence-electron chi connectivity index (χ0n) is 13.7. The molecule has 128 valence electrons. The summed E-state index contributed by atoms with van der Waals surface area (Å²) in [6.07, 6.45) is 3.31. The molecule has 0 spiro atoms. The first-order chi connectivity index (χ1) is 11.0. The first-order valence-electron chi connectivity index (χ1n) is 7.60. The molecule has 1 aromatic rings. The number of carbonyl (C=O) groups is 1. The fraction of sp³-hybridized carbons (Fsp3) is 0.562. The summed E-state index contributed by atoms with van der Waals surface area (Å²) in [6.45, 7) is 1.32. The Bertz CT molecular complexity index is 547. The Morgan fingerprint density at radius 1 is 1.35 bits per heavy atom. The third-order valence-electron chi connectivity index (χ3n) is 3.81. The zero-order chi connectivity index (χ0) is 16.8. The maximum atomic E-state index is 12.4. The highest BCUT2D eigenvalue weighted by Gasteiger charge is 2.20. The SMILES string of the molecule is COc1cc(NC(=O)N(C)C[C@H]2CCCCO2)c(OC)cc1Cl. The largest absolute Gasteiger partial charge is 0.495 e.